The van der Waals surface area contributed by atoms with Gasteiger partial charge in [-0.1, -0.05) is 46.7 Å². The number of benzene rings is 2. The van der Waals surface area contributed by atoms with Gasteiger partial charge in [0, 0.05) is 29.1 Å². The fraction of sp³-hybridized carbons (Fsp3) is 0.190. The number of rotatable bonds is 8. The van der Waals surface area contributed by atoms with Crippen LogP contribution in [-0.4, -0.2) is 26.2 Å². The van der Waals surface area contributed by atoms with Gasteiger partial charge in [0.15, 0.2) is 5.82 Å². The average Bonchev–Trinajstić information content (AvgIpc) is 3.42. The molecule has 1 amide bonds. The average molecular weight is 456 g/mol. The Bertz CT molecular complexity index is 1180. The van der Waals surface area contributed by atoms with E-state index in [1.807, 2.05) is 43.3 Å². The second-order valence-corrected chi connectivity index (χ2v) is 8.00. The molecular formula is C21H18ClN5O3S. The smallest absolute Gasteiger partial charge is 0.277 e. The number of aryl methyl sites for hydroxylation is 2. The van der Waals surface area contributed by atoms with Crippen molar-refractivity contribution >= 4 is 35.0 Å². The van der Waals surface area contributed by atoms with Crippen molar-refractivity contribution in [1.82, 2.24) is 20.3 Å². The van der Waals surface area contributed by atoms with Crippen LogP contribution in [0.1, 0.15) is 23.7 Å². The molecule has 2 aromatic heterocycles. The van der Waals surface area contributed by atoms with Crippen LogP contribution in [0.3, 0.4) is 0 Å². The molecule has 158 valence electrons. The largest absolute Gasteiger partial charge is 0.411 e. The molecule has 0 radical (unpaired) electrons. The van der Waals surface area contributed by atoms with E-state index in [9.17, 15) is 4.79 Å². The zero-order valence-electron chi connectivity index (χ0n) is 16.5. The van der Waals surface area contributed by atoms with Gasteiger partial charge in [0.05, 0.1) is 5.75 Å². The van der Waals surface area contributed by atoms with Gasteiger partial charge in [-0.3, -0.25) is 4.79 Å². The Balaban J connectivity index is 1.26. The molecule has 10 heteroatoms. The van der Waals surface area contributed by atoms with Crippen molar-refractivity contribution < 1.29 is 13.7 Å². The van der Waals surface area contributed by atoms with Gasteiger partial charge >= 0.3 is 0 Å². The maximum atomic E-state index is 12.2. The molecule has 2 heterocycles. The fourth-order valence-corrected chi connectivity index (χ4v) is 3.43. The summed E-state index contributed by atoms with van der Waals surface area (Å²) in [6, 6.07) is 14.8. The highest BCUT2D eigenvalue weighted by Gasteiger charge is 2.13. The van der Waals surface area contributed by atoms with Gasteiger partial charge in [-0.15, -0.1) is 10.2 Å². The molecule has 8 nitrogen and oxygen atoms in total. The molecule has 4 rings (SSSR count). The monoisotopic (exact) mass is 455 g/mol. The Hall–Kier alpha value is -3.17. The summed E-state index contributed by atoms with van der Waals surface area (Å²) in [4.78, 5) is 16.5. The van der Waals surface area contributed by atoms with E-state index in [4.69, 9.17) is 20.5 Å². The highest BCUT2D eigenvalue weighted by atomic mass is 35.5. The second-order valence-electron chi connectivity index (χ2n) is 6.64. The van der Waals surface area contributed by atoms with Gasteiger partial charge < -0.3 is 14.3 Å². The van der Waals surface area contributed by atoms with E-state index in [-0.39, 0.29) is 12.3 Å². The first-order valence-electron chi connectivity index (χ1n) is 9.46. The molecular weight excluding hydrogens is 438 g/mol. The van der Waals surface area contributed by atoms with Crippen LogP contribution in [0.5, 0.6) is 0 Å². The van der Waals surface area contributed by atoms with Crippen LogP contribution in [-0.2, 0) is 17.0 Å². The number of para-hydroxylation sites is 1. The summed E-state index contributed by atoms with van der Waals surface area (Å²) in [7, 11) is 0. The minimum atomic E-state index is -0.107. The standard InChI is InChI=1S/C21H18ClN5O3S/c1-13-4-2-3-5-16(13)23-18(28)10-11-19-24-17(27-30-19)12-31-21-26-25-20(29-21)14-6-8-15(22)9-7-14/h2-9H,10-12H2,1H3,(H,23,28). The first kappa shape index (κ1) is 21.1. The van der Waals surface area contributed by atoms with Gasteiger partial charge in [-0.2, -0.15) is 4.98 Å². The molecule has 0 aliphatic carbocycles. The van der Waals surface area contributed by atoms with E-state index < -0.39 is 0 Å². The summed E-state index contributed by atoms with van der Waals surface area (Å²) < 4.78 is 10.9. The number of halogens is 1. The number of nitrogens with one attached hydrogen (secondary N) is 1. The lowest BCUT2D eigenvalue weighted by molar-refractivity contribution is -0.116. The molecule has 0 saturated carbocycles. The summed E-state index contributed by atoms with van der Waals surface area (Å²) in [6.07, 6.45) is 0.605. The van der Waals surface area contributed by atoms with E-state index in [0.717, 1.165) is 16.8 Å². The zero-order valence-corrected chi connectivity index (χ0v) is 18.1. The fourth-order valence-electron chi connectivity index (χ4n) is 2.70. The molecule has 1 N–H and O–H groups in total. The Kier molecular flexibility index (Phi) is 6.63. The van der Waals surface area contributed by atoms with Crippen LogP contribution in [0.2, 0.25) is 5.02 Å². The Morgan fingerprint density at radius 1 is 1.13 bits per heavy atom. The number of anilines is 1. The summed E-state index contributed by atoms with van der Waals surface area (Å²) in [6.45, 7) is 1.94. The van der Waals surface area contributed by atoms with Crippen molar-refractivity contribution in [3.63, 3.8) is 0 Å². The topological polar surface area (TPSA) is 107 Å². The van der Waals surface area contributed by atoms with Crippen molar-refractivity contribution in [2.75, 3.05) is 5.32 Å². The third kappa shape index (κ3) is 5.71. The van der Waals surface area contributed by atoms with Crippen molar-refractivity contribution in [2.24, 2.45) is 0 Å². The summed E-state index contributed by atoms with van der Waals surface area (Å²) in [5.74, 6) is 1.60. The van der Waals surface area contributed by atoms with E-state index in [0.29, 0.717) is 40.0 Å². The molecule has 0 aliphatic rings. The summed E-state index contributed by atoms with van der Waals surface area (Å²) in [5.41, 5.74) is 2.59. The Morgan fingerprint density at radius 3 is 2.74 bits per heavy atom. The predicted molar refractivity (Wildman–Crippen MR) is 117 cm³/mol. The van der Waals surface area contributed by atoms with Gasteiger partial charge in [0.25, 0.3) is 5.22 Å². The zero-order chi connectivity index (χ0) is 21.6. The predicted octanol–water partition coefficient (Wildman–Crippen LogP) is 4.95. The van der Waals surface area contributed by atoms with E-state index in [2.05, 4.69) is 25.7 Å². The minimum absolute atomic E-state index is 0.107. The Labute approximate surface area is 187 Å². The number of hydrogen-bond acceptors (Lipinski definition) is 8. The minimum Gasteiger partial charge on any atom is -0.411 e. The lowest BCUT2D eigenvalue weighted by Gasteiger charge is -2.06. The highest BCUT2D eigenvalue weighted by Crippen LogP contribution is 2.26. The van der Waals surface area contributed by atoms with E-state index in [1.165, 1.54) is 11.8 Å². The van der Waals surface area contributed by atoms with Crippen LogP contribution in [0.4, 0.5) is 5.69 Å². The number of carbonyl (C=O) groups is 1. The quantitative estimate of drug-likeness (QED) is 0.372. The van der Waals surface area contributed by atoms with Crippen molar-refractivity contribution in [2.45, 2.75) is 30.7 Å². The summed E-state index contributed by atoms with van der Waals surface area (Å²) >= 11 is 7.19. The molecule has 2 aromatic carbocycles. The number of hydrogen-bond donors (Lipinski definition) is 1. The van der Waals surface area contributed by atoms with Crippen LogP contribution in [0.15, 0.2) is 62.7 Å². The first-order chi connectivity index (χ1) is 15.1. The number of nitrogens with zero attached hydrogens (tertiary/aromatic N) is 4. The third-order valence-electron chi connectivity index (χ3n) is 4.32. The van der Waals surface area contributed by atoms with Crippen molar-refractivity contribution in [3.05, 3.63) is 70.8 Å². The first-order valence-corrected chi connectivity index (χ1v) is 10.8. The Morgan fingerprint density at radius 2 is 1.94 bits per heavy atom. The van der Waals surface area contributed by atoms with Crippen LogP contribution in [0.25, 0.3) is 11.5 Å². The van der Waals surface area contributed by atoms with Crippen LogP contribution >= 0.6 is 23.4 Å². The highest BCUT2D eigenvalue weighted by molar-refractivity contribution is 7.98. The van der Waals surface area contributed by atoms with E-state index >= 15 is 0 Å². The number of aromatic nitrogens is 4. The van der Waals surface area contributed by atoms with Crippen molar-refractivity contribution in [1.29, 1.82) is 0 Å². The van der Waals surface area contributed by atoms with Crippen LogP contribution in [0, 0.1) is 6.92 Å². The third-order valence-corrected chi connectivity index (χ3v) is 5.38. The molecule has 0 atom stereocenters. The van der Waals surface area contributed by atoms with Gasteiger partial charge in [0.2, 0.25) is 17.7 Å². The number of carbonyl (C=O) groups excluding carboxylic acids is 1. The second kappa shape index (κ2) is 9.76. The summed E-state index contributed by atoms with van der Waals surface area (Å²) in [5, 5.41) is 15.9. The van der Waals surface area contributed by atoms with Crippen LogP contribution < -0.4 is 5.32 Å². The van der Waals surface area contributed by atoms with Gasteiger partial charge in [-0.25, -0.2) is 0 Å². The van der Waals surface area contributed by atoms with Crippen molar-refractivity contribution in [3.8, 4) is 11.5 Å². The molecule has 0 bridgehead atoms. The lowest BCUT2D eigenvalue weighted by atomic mass is 10.2. The maximum absolute atomic E-state index is 12.2. The van der Waals surface area contributed by atoms with Gasteiger partial charge in [-0.05, 0) is 42.8 Å². The molecule has 0 fully saturated rings. The molecule has 0 spiro atoms. The maximum Gasteiger partial charge on any atom is 0.277 e. The molecule has 0 unspecified atom stereocenters. The molecule has 4 aromatic rings. The number of amides is 1. The molecule has 0 aliphatic heterocycles. The van der Waals surface area contributed by atoms with Gasteiger partial charge in [0.1, 0.15) is 0 Å². The molecule has 0 saturated heterocycles. The SMILES string of the molecule is Cc1ccccc1NC(=O)CCc1nc(CSc2nnc(-c3ccc(Cl)cc3)o2)no1. The van der Waals surface area contributed by atoms with E-state index in [1.54, 1.807) is 12.1 Å². The number of thioether (sulfide) groups is 1. The molecule has 31 heavy (non-hydrogen) atoms. The normalized spacial score (nSPS) is 10.9. The lowest BCUT2D eigenvalue weighted by Crippen LogP contribution is -2.13.